The fourth-order valence-electron chi connectivity index (χ4n) is 3.59. The molecular formula is C22H22N8O2. The third kappa shape index (κ3) is 3.66. The number of ether oxygens (including phenoxy) is 1. The van der Waals surface area contributed by atoms with Gasteiger partial charge in [-0.3, -0.25) is 4.98 Å². The molecule has 2 amide bonds. The van der Waals surface area contributed by atoms with Gasteiger partial charge < -0.3 is 19.9 Å². The lowest BCUT2D eigenvalue weighted by Crippen LogP contribution is -2.60. The number of benzene rings is 1. The molecule has 0 atom stereocenters. The highest BCUT2D eigenvalue weighted by Crippen LogP contribution is 2.24. The zero-order chi connectivity index (χ0) is 22.1. The number of likely N-dealkylation sites (N-methyl/N-ethyl adjacent to an activating group) is 1. The lowest BCUT2D eigenvalue weighted by molar-refractivity contribution is 0.191. The fourth-order valence-corrected chi connectivity index (χ4v) is 3.59. The summed E-state index contributed by atoms with van der Waals surface area (Å²) in [5, 5.41) is 16.1. The lowest BCUT2D eigenvalue weighted by atomic mass is 10.1. The number of methoxy groups -OCH3 is 1. The highest BCUT2D eigenvalue weighted by molar-refractivity contribution is 5.89. The highest BCUT2D eigenvalue weighted by Gasteiger charge is 2.33. The van der Waals surface area contributed by atoms with Crippen LogP contribution in [0.3, 0.4) is 0 Å². The van der Waals surface area contributed by atoms with Crippen LogP contribution in [0.2, 0.25) is 0 Å². The zero-order valence-electron chi connectivity index (χ0n) is 17.7. The predicted molar refractivity (Wildman–Crippen MR) is 120 cm³/mol. The second-order valence-electron chi connectivity index (χ2n) is 7.56. The minimum absolute atomic E-state index is 0.0804. The van der Waals surface area contributed by atoms with Gasteiger partial charge in [-0.1, -0.05) is 6.07 Å². The number of nitrogens with one attached hydrogen (secondary N) is 1. The maximum Gasteiger partial charge on any atom is 0.321 e. The molecule has 4 heterocycles. The molecule has 0 bridgehead atoms. The third-order valence-corrected chi connectivity index (χ3v) is 5.54. The summed E-state index contributed by atoms with van der Waals surface area (Å²) in [7, 11) is 3.40. The number of amides is 2. The molecule has 3 aromatic heterocycles. The molecule has 1 aromatic carbocycles. The minimum Gasteiger partial charge on any atom is -0.497 e. The summed E-state index contributed by atoms with van der Waals surface area (Å²) in [6.45, 7) is 1.37. The van der Waals surface area contributed by atoms with E-state index in [-0.39, 0.29) is 12.1 Å². The van der Waals surface area contributed by atoms with Crippen molar-refractivity contribution < 1.29 is 9.53 Å². The average molecular weight is 430 g/mol. The number of rotatable bonds is 5. The van der Waals surface area contributed by atoms with Crippen molar-refractivity contribution in [1.29, 1.82) is 0 Å². The standard InChI is InChI=1S/C22H22N8O2/c1-28(22(31)24-16-6-3-7-18(11-16)32-2)17-13-29(14-17)20-9-8-19-25-26-21(30(19)27-20)15-5-4-10-23-12-15/h3-12,17H,13-14H2,1-2H3,(H,24,31). The molecule has 32 heavy (non-hydrogen) atoms. The van der Waals surface area contributed by atoms with Gasteiger partial charge in [0, 0.05) is 49.8 Å². The van der Waals surface area contributed by atoms with Crippen LogP contribution in [-0.4, -0.2) is 69.0 Å². The van der Waals surface area contributed by atoms with Gasteiger partial charge in [0.15, 0.2) is 11.5 Å². The average Bonchev–Trinajstić information content (AvgIpc) is 3.22. The number of anilines is 2. The van der Waals surface area contributed by atoms with E-state index < -0.39 is 0 Å². The number of fused-ring (bicyclic) bond motifs is 1. The number of pyridine rings is 1. The van der Waals surface area contributed by atoms with E-state index >= 15 is 0 Å². The van der Waals surface area contributed by atoms with Crippen LogP contribution >= 0.6 is 0 Å². The Morgan fingerprint density at radius 1 is 1.16 bits per heavy atom. The van der Waals surface area contributed by atoms with Crippen LogP contribution in [0.4, 0.5) is 16.3 Å². The molecule has 162 valence electrons. The third-order valence-electron chi connectivity index (χ3n) is 5.54. The molecule has 0 saturated carbocycles. The van der Waals surface area contributed by atoms with Crippen molar-refractivity contribution in [3.05, 3.63) is 60.9 Å². The van der Waals surface area contributed by atoms with Crippen LogP contribution in [0.5, 0.6) is 5.75 Å². The Hall–Kier alpha value is -4.21. The molecule has 1 aliphatic heterocycles. The summed E-state index contributed by atoms with van der Waals surface area (Å²) >= 11 is 0. The first kappa shape index (κ1) is 19.7. The van der Waals surface area contributed by atoms with Gasteiger partial charge in [0.1, 0.15) is 11.6 Å². The van der Waals surface area contributed by atoms with Gasteiger partial charge in [-0.25, -0.2) is 4.79 Å². The van der Waals surface area contributed by atoms with E-state index in [1.54, 1.807) is 42.0 Å². The number of hydrogen-bond donors (Lipinski definition) is 1. The zero-order valence-corrected chi connectivity index (χ0v) is 17.7. The Morgan fingerprint density at radius 3 is 2.81 bits per heavy atom. The van der Waals surface area contributed by atoms with Gasteiger partial charge in [-0.2, -0.15) is 4.52 Å². The van der Waals surface area contributed by atoms with Crippen LogP contribution in [-0.2, 0) is 0 Å². The highest BCUT2D eigenvalue weighted by atomic mass is 16.5. The molecular weight excluding hydrogens is 408 g/mol. The topological polar surface area (TPSA) is 101 Å². The van der Waals surface area contributed by atoms with E-state index in [1.807, 2.05) is 42.5 Å². The molecule has 1 N–H and O–H groups in total. The molecule has 10 heteroatoms. The maximum absolute atomic E-state index is 12.6. The molecule has 0 aliphatic carbocycles. The Labute approximate surface area is 184 Å². The maximum atomic E-state index is 12.6. The number of urea groups is 1. The Kier molecular flexibility index (Phi) is 5.02. The number of carbonyl (C=O) groups is 1. The second kappa shape index (κ2) is 8.14. The predicted octanol–water partition coefficient (Wildman–Crippen LogP) is 2.55. The normalized spacial score (nSPS) is 13.6. The molecule has 10 nitrogen and oxygen atoms in total. The van der Waals surface area contributed by atoms with Crippen molar-refractivity contribution in [2.75, 3.05) is 37.5 Å². The van der Waals surface area contributed by atoms with Crippen molar-refractivity contribution in [1.82, 2.24) is 29.7 Å². The van der Waals surface area contributed by atoms with Crippen LogP contribution in [0.1, 0.15) is 0 Å². The number of hydrogen-bond acceptors (Lipinski definition) is 7. The molecule has 5 rings (SSSR count). The van der Waals surface area contributed by atoms with Crippen LogP contribution in [0, 0.1) is 0 Å². The molecule has 0 radical (unpaired) electrons. The summed E-state index contributed by atoms with van der Waals surface area (Å²) in [5.74, 6) is 2.14. The molecule has 1 saturated heterocycles. The van der Waals surface area contributed by atoms with Crippen LogP contribution in [0.15, 0.2) is 60.9 Å². The molecule has 1 fully saturated rings. The van der Waals surface area contributed by atoms with Gasteiger partial charge in [0.05, 0.1) is 13.2 Å². The van der Waals surface area contributed by atoms with Crippen molar-refractivity contribution in [3.63, 3.8) is 0 Å². The summed E-state index contributed by atoms with van der Waals surface area (Å²) in [4.78, 5) is 20.6. The van der Waals surface area contributed by atoms with Gasteiger partial charge >= 0.3 is 6.03 Å². The van der Waals surface area contributed by atoms with Crippen molar-refractivity contribution >= 4 is 23.2 Å². The fraction of sp³-hybridized carbons (Fsp3) is 0.227. The second-order valence-corrected chi connectivity index (χ2v) is 7.56. The largest absolute Gasteiger partial charge is 0.497 e. The monoisotopic (exact) mass is 430 g/mol. The van der Waals surface area contributed by atoms with Gasteiger partial charge in [0.25, 0.3) is 0 Å². The smallest absolute Gasteiger partial charge is 0.321 e. The van der Waals surface area contributed by atoms with E-state index in [0.29, 0.717) is 36.0 Å². The van der Waals surface area contributed by atoms with E-state index in [2.05, 4.69) is 25.4 Å². The Morgan fingerprint density at radius 2 is 2.03 bits per heavy atom. The van der Waals surface area contributed by atoms with Gasteiger partial charge in [0.2, 0.25) is 0 Å². The van der Waals surface area contributed by atoms with Crippen molar-refractivity contribution in [3.8, 4) is 17.1 Å². The molecule has 1 aliphatic rings. The Balaban J connectivity index is 1.26. The van der Waals surface area contributed by atoms with Crippen LogP contribution in [0.25, 0.3) is 17.0 Å². The first-order valence-electron chi connectivity index (χ1n) is 10.2. The summed E-state index contributed by atoms with van der Waals surface area (Å²) in [6.07, 6.45) is 3.45. The van der Waals surface area contributed by atoms with E-state index in [1.165, 1.54) is 0 Å². The van der Waals surface area contributed by atoms with Gasteiger partial charge in [-0.15, -0.1) is 15.3 Å². The van der Waals surface area contributed by atoms with Crippen LogP contribution < -0.4 is 15.0 Å². The Bertz CT molecular complexity index is 1250. The van der Waals surface area contributed by atoms with E-state index in [9.17, 15) is 4.79 Å². The quantitative estimate of drug-likeness (QED) is 0.519. The lowest BCUT2D eigenvalue weighted by Gasteiger charge is -2.44. The summed E-state index contributed by atoms with van der Waals surface area (Å²) in [5.41, 5.74) is 2.21. The molecule has 0 unspecified atom stereocenters. The molecule has 4 aromatic rings. The van der Waals surface area contributed by atoms with Gasteiger partial charge in [-0.05, 0) is 36.4 Å². The summed E-state index contributed by atoms with van der Waals surface area (Å²) in [6, 6.07) is 14.8. The van der Waals surface area contributed by atoms with Crippen molar-refractivity contribution in [2.45, 2.75) is 6.04 Å². The van der Waals surface area contributed by atoms with E-state index in [0.717, 1.165) is 11.4 Å². The minimum atomic E-state index is -0.163. The first-order valence-corrected chi connectivity index (χ1v) is 10.2. The number of aromatic nitrogens is 5. The first-order chi connectivity index (χ1) is 15.6. The van der Waals surface area contributed by atoms with Crippen molar-refractivity contribution in [2.24, 2.45) is 0 Å². The number of carbonyl (C=O) groups excluding carboxylic acids is 1. The summed E-state index contributed by atoms with van der Waals surface area (Å²) < 4.78 is 6.93. The van der Waals surface area contributed by atoms with E-state index in [4.69, 9.17) is 9.84 Å². The molecule has 0 spiro atoms. The number of nitrogens with zero attached hydrogens (tertiary/aromatic N) is 7. The SMILES string of the molecule is COc1cccc(NC(=O)N(C)C2CN(c3ccc4nnc(-c5cccnc5)n4n3)C2)c1.